The van der Waals surface area contributed by atoms with Gasteiger partial charge < -0.3 is 36.0 Å². The molecule has 3 rings (SSSR count). The number of aliphatic hydroxyl groups is 4. The van der Waals surface area contributed by atoms with Gasteiger partial charge in [0.15, 0.2) is 0 Å². The summed E-state index contributed by atoms with van der Waals surface area (Å²) in [5.41, 5.74) is 0. The number of β-amino-alcohol motifs (C(OH)–C–C–N with tert-alkyl or cyclic N) is 2. The lowest BCUT2D eigenvalue weighted by atomic mass is 10.1. The molecule has 3 heterocycles. The molecule has 21 heavy (non-hydrogen) atoms. The lowest BCUT2D eigenvalue weighted by Crippen LogP contribution is -2.53. The predicted octanol–water partition coefficient (Wildman–Crippen LogP) is -3.72. The Kier molecular flexibility index (Phi) is 4.42. The molecule has 1 amide bonds. The summed E-state index contributed by atoms with van der Waals surface area (Å²) < 4.78 is 0. The van der Waals surface area contributed by atoms with E-state index in [2.05, 4.69) is 10.6 Å². The summed E-state index contributed by atoms with van der Waals surface area (Å²) in [7, 11) is 0. The van der Waals surface area contributed by atoms with Gasteiger partial charge in [-0.3, -0.25) is 4.79 Å². The van der Waals surface area contributed by atoms with Crippen LogP contribution in [0.1, 0.15) is 0 Å². The van der Waals surface area contributed by atoms with Gasteiger partial charge in [0, 0.05) is 19.6 Å². The Morgan fingerprint density at radius 1 is 1.10 bits per heavy atom. The molecule has 8 nitrogen and oxygen atoms in total. The maximum atomic E-state index is 12.1. The Morgan fingerprint density at radius 2 is 1.76 bits per heavy atom. The van der Waals surface area contributed by atoms with E-state index in [0.29, 0.717) is 18.8 Å². The van der Waals surface area contributed by atoms with E-state index < -0.39 is 24.4 Å². The van der Waals surface area contributed by atoms with E-state index in [1.807, 2.05) is 0 Å². The normalized spacial score (nSPS) is 47.5. The first-order chi connectivity index (χ1) is 9.99. The minimum absolute atomic E-state index is 0.0595. The van der Waals surface area contributed by atoms with Crippen LogP contribution in [0.25, 0.3) is 0 Å². The standard InChI is InChI=1S/C12H21N3O5S/c16-6-1-13-5(10(6)19)3-15-8(18)4-21-12(15)9-11(20)7(17)2-14-9/h5-7,9-14,16-17,19-20H,1-4H2/t5-,6+,7+,9+,10-,11+,12+/m0/s1. The Labute approximate surface area is 126 Å². The highest BCUT2D eigenvalue weighted by atomic mass is 32.2. The molecule has 0 radical (unpaired) electrons. The highest BCUT2D eigenvalue weighted by Gasteiger charge is 2.47. The first-order valence-electron chi connectivity index (χ1n) is 7.09. The van der Waals surface area contributed by atoms with Crippen molar-refractivity contribution in [2.45, 2.75) is 41.9 Å². The molecule has 0 bridgehead atoms. The average Bonchev–Trinajstić information content (AvgIpc) is 3.08. The number of thioether (sulfide) groups is 1. The molecule has 3 aliphatic rings. The zero-order valence-electron chi connectivity index (χ0n) is 11.4. The molecule has 9 heteroatoms. The van der Waals surface area contributed by atoms with Gasteiger partial charge in [0.05, 0.1) is 47.6 Å². The average molecular weight is 319 g/mol. The fourth-order valence-electron chi connectivity index (χ4n) is 3.15. The number of nitrogens with zero attached hydrogens (tertiary/aromatic N) is 1. The summed E-state index contributed by atoms with van der Waals surface area (Å²) in [6.07, 6.45) is -3.47. The van der Waals surface area contributed by atoms with Crippen LogP contribution in [-0.2, 0) is 4.79 Å². The Bertz CT molecular complexity index is 414. The van der Waals surface area contributed by atoms with Crippen molar-refractivity contribution < 1.29 is 25.2 Å². The maximum Gasteiger partial charge on any atom is 0.233 e. The molecular formula is C12H21N3O5S. The first kappa shape index (κ1) is 15.5. The second-order valence-corrected chi connectivity index (χ2v) is 6.92. The van der Waals surface area contributed by atoms with E-state index in [1.54, 1.807) is 4.90 Å². The smallest absolute Gasteiger partial charge is 0.233 e. The van der Waals surface area contributed by atoms with Crippen LogP contribution in [-0.4, -0.2) is 98.5 Å². The second-order valence-electron chi connectivity index (χ2n) is 5.81. The van der Waals surface area contributed by atoms with E-state index in [-0.39, 0.29) is 29.9 Å². The van der Waals surface area contributed by atoms with Gasteiger partial charge in [0.25, 0.3) is 0 Å². The summed E-state index contributed by atoms with van der Waals surface area (Å²) in [6, 6.07) is -0.770. The van der Waals surface area contributed by atoms with Gasteiger partial charge in [-0.15, -0.1) is 11.8 Å². The van der Waals surface area contributed by atoms with E-state index >= 15 is 0 Å². The number of carbonyl (C=O) groups is 1. The minimum atomic E-state index is -0.914. The highest BCUT2D eigenvalue weighted by Crippen LogP contribution is 2.31. The van der Waals surface area contributed by atoms with E-state index in [1.165, 1.54) is 11.8 Å². The molecule has 0 aromatic rings. The zero-order chi connectivity index (χ0) is 15.1. The third-order valence-electron chi connectivity index (χ3n) is 4.43. The number of hydrogen-bond donors (Lipinski definition) is 6. The van der Waals surface area contributed by atoms with E-state index in [9.17, 15) is 25.2 Å². The Morgan fingerprint density at radius 3 is 2.33 bits per heavy atom. The lowest BCUT2D eigenvalue weighted by molar-refractivity contribution is -0.129. The van der Waals surface area contributed by atoms with Gasteiger partial charge >= 0.3 is 0 Å². The van der Waals surface area contributed by atoms with Crippen molar-refractivity contribution in [1.29, 1.82) is 0 Å². The van der Waals surface area contributed by atoms with Crippen molar-refractivity contribution in [3.05, 3.63) is 0 Å². The van der Waals surface area contributed by atoms with Crippen LogP contribution in [0.3, 0.4) is 0 Å². The topological polar surface area (TPSA) is 125 Å². The quantitative estimate of drug-likeness (QED) is 0.314. The lowest BCUT2D eigenvalue weighted by Gasteiger charge is -2.33. The van der Waals surface area contributed by atoms with Gasteiger partial charge in [-0.25, -0.2) is 0 Å². The summed E-state index contributed by atoms with van der Waals surface area (Å²) in [5, 5.41) is 44.8. The monoisotopic (exact) mass is 319 g/mol. The fraction of sp³-hybridized carbons (Fsp3) is 0.917. The van der Waals surface area contributed by atoms with Crippen LogP contribution in [0.5, 0.6) is 0 Å². The molecule has 0 aromatic heterocycles. The van der Waals surface area contributed by atoms with Crippen molar-refractivity contribution in [2.24, 2.45) is 0 Å². The molecular weight excluding hydrogens is 298 g/mol. The number of nitrogens with one attached hydrogen (secondary N) is 2. The summed E-state index contributed by atoms with van der Waals surface area (Å²) in [4.78, 5) is 13.7. The van der Waals surface area contributed by atoms with Crippen LogP contribution in [0.15, 0.2) is 0 Å². The van der Waals surface area contributed by atoms with Gasteiger partial charge in [-0.1, -0.05) is 0 Å². The van der Waals surface area contributed by atoms with E-state index in [0.717, 1.165) is 0 Å². The van der Waals surface area contributed by atoms with Gasteiger partial charge in [-0.05, 0) is 0 Å². The van der Waals surface area contributed by atoms with Crippen molar-refractivity contribution in [1.82, 2.24) is 15.5 Å². The van der Waals surface area contributed by atoms with Crippen LogP contribution in [0.4, 0.5) is 0 Å². The molecule has 120 valence electrons. The van der Waals surface area contributed by atoms with Gasteiger partial charge in [-0.2, -0.15) is 0 Å². The van der Waals surface area contributed by atoms with Crippen LogP contribution in [0, 0.1) is 0 Å². The molecule has 0 aromatic carbocycles. The van der Waals surface area contributed by atoms with Crippen molar-refractivity contribution in [3.63, 3.8) is 0 Å². The third-order valence-corrected chi connectivity index (χ3v) is 5.73. The summed E-state index contributed by atoms with van der Waals surface area (Å²) >= 11 is 1.42. The molecule has 3 saturated heterocycles. The van der Waals surface area contributed by atoms with Crippen molar-refractivity contribution in [2.75, 3.05) is 25.4 Å². The molecule has 6 N–H and O–H groups in total. The SMILES string of the molecule is O=C1CS[C@H]([C@@H]2NC[C@@H](O)[C@H]2O)N1C[C@@H]1NC[C@@H](O)[C@H]1O. The van der Waals surface area contributed by atoms with Crippen LogP contribution in [0.2, 0.25) is 0 Å². The first-order valence-corrected chi connectivity index (χ1v) is 8.14. The third kappa shape index (κ3) is 2.79. The number of hydrogen-bond acceptors (Lipinski definition) is 8. The van der Waals surface area contributed by atoms with Crippen molar-refractivity contribution >= 4 is 17.7 Å². The number of rotatable bonds is 3. The predicted molar refractivity (Wildman–Crippen MR) is 75.6 cm³/mol. The zero-order valence-corrected chi connectivity index (χ0v) is 12.2. The minimum Gasteiger partial charge on any atom is -0.389 e. The van der Waals surface area contributed by atoms with E-state index in [4.69, 9.17) is 0 Å². The molecule has 7 atom stereocenters. The molecule has 3 aliphatic heterocycles. The van der Waals surface area contributed by atoms with Crippen LogP contribution < -0.4 is 10.6 Å². The maximum absolute atomic E-state index is 12.1. The van der Waals surface area contributed by atoms with Gasteiger partial charge in [0.2, 0.25) is 5.91 Å². The number of carbonyl (C=O) groups excluding carboxylic acids is 1. The Hall–Kier alpha value is -0.420. The van der Waals surface area contributed by atoms with Crippen LogP contribution >= 0.6 is 11.8 Å². The second kappa shape index (κ2) is 5.99. The number of amides is 1. The Balaban J connectivity index is 1.68. The summed E-state index contributed by atoms with van der Waals surface area (Å²) in [6.45, 7) is 0.873. The van der Waals surface area contributed by atoms with Gasteiger partial charge in [0.1, 0.15) is 0 Å². The van der Waals surface area contributed by atoms with Crippen molar-refractivity contribution in [3.8, 4) is 0 Å². The molecule has 0 unspecified atom stereocenters. The largest absolute Gasteiger partial charge is 0.389 e. The molecule has 0 spiro atoms. The highest BCUT2D eigenvalue weighted by molar-refractivity contribution is 8.01. The molecule has 0 aliphatic carbocycles. The molecule has 3 fully saturated rings. The number of aliphatic hydroxyl groups excluding tert-OH is 4. The summed E-state index contributed by atoms with van der Waals surface area (Å²) in [5.74, 6) is 0.257. The fourth-order valence-corrected chi connectivity index (χ4v) is 4.48. The molecule has 0 saturated carbocycles.